The van der Waals surface area contributed by atoms with Crippen LogP contribution >= 0.6 is 35.3 Å². The van der Waals surface area contributed by atoms with Gasteiger partial charge in [0.25, 0.3) is 0 Å². The van der Waals surface area contributed by atoms with Gasteiger partial charge < -0.3 is 15.5 Å². The van der Waals surface area contributed by atoms with Crippen LogP contribution in [0, 0.1) is 18.6 Å². The van der Waals surface area contributed by atoms with E-state index in [0.717, 1.165) is 17.5 Å². The second kappa shape index (κ2) is 9.45. The van der Waals surface area contributed by atoms with Crippen LogP contribution in [0.4, 0.5) is 14.5 Å². The predicted octanol–water partition coefficient (Wildman–Crippen LogP) is 3.29. The van der Waals surface area contributed by atoms with Crippen LogP contribution in [0.2, 0.25) is 0 Å². The summed E-state index contributed by atoms with van der Waals surface area (Å²) < 4.78 is 27.0. The van der Waals surface area contributed by atoms with Gasteiger partial charge in [-0.2, -0.15) is 0 Å². The number of hydrogen-bond acceptors (Lipinski definition) is 4. The van der Waals surface area contributed by atoms with E-state index in [2.05, 4.69) is 20.6 Å². The quantitative estimate of drug-likeness (QED) is 0.390. The highest BCUT2D eigenvalue weighted by Gasteiger charge is 2.25. The number of halogens is 3. The monoisotopic (exact) mass is 493 g/mol. The molecule has 2 heterocycles. The van der Waals surface area contributed by atoms with Crippen molar-refractivity contribution in [2.75, 3.05) is 25.0 Å². The summed E-state index contributed by atoms with van der Waals surface area (Å²) >= 11 is 1.65. The fourth-order valence-electron chi connectivity index (χ4n) is 2.87. The molecule has 2 N–H and O–H groups in total. The molecule has 0 amide bonds. The predicted molar refractivity (Wildman–Crippen MR) is 113 cm³/mol. The fourth-order valence-corrected chi connectivity index (χ4v) is 3.59. The lowest BCUT2D eigenvalue weighted by Crippen LogP contribution is -2.44. The van der Waals surface area contributed by atoms with Crippen molar-refractivity contribution in [3.8, 4) is 0 Å². The first kappa shape index (κ1) is 20.8. The van der Waals surface area contributed by atoms with Gasteiger partial charge in [-0.1, -0.05) is 0 Å². The van der Waals surface area contributed by atoms with Gasteiger partial charge >= 0.3 is 0 Å². The van der Waals surface area contributed by atoms with E-state index in [1.165, 1.54) is 17.0 Å². The van der Waals surface area contributed by atoms with Crippen LogP contribution in [0.3, 0.4) is 0 Å². The standard InChI is InChI=1S/C17H21F2N5S.HI/c1-11-8-21-16(25-11)9-22-17(20-2)23-13-5-6-24(10-13)15-4-3-12(18)7-14(15)19;/h3-4,7-8,13H,5-6,9-10H2,1-2H3,(H2,20,22,23);1H. The summed E-state index contributed by atoms with van der Waals surface area (Å²) in [6.45, 7) is 3.99. The Morgan fingerprint density at radius 2 is 2.23 bits per heavy atom. The number of benzene rings is 1. The molecule has 1 unspecified atom stereocenters. The van der Waals surface area contributed by atoms with Crippen molar-refractivity contribution in [3.05, 3.63) is 45.9 Å². The molecule has 142 valence electrons. The number of aromatic nitrogens is 1. The molecule has 1 aliphatic heterocycles. The van der Waals surface area contributed by atoms with E-state index in [9.17, 15) is 8.78 Å². The second-order valence-corrected chi connectivity index (χ2v) is 7.28. The number of nitrogens with zero attached hydrogens (tertiary/aromatic N) is 3. The number of anilines is 1. The van der Waals surface area contributed by atoms with E-state index in [1.807, 2.05) is 18.0 Å². The van der Waals surface area contributed by atoms with Crippen molar-refractivity contribution in [1.29, 1.82) is 0 Å². The first-order chi connectivity index (χ1) is 12.0. The smallest absolute Gasteiger partial charge is 0.191 e. The number of nitrogens with one attached hydrogen (secondary N) is 2. The molecule has 0 bridgehead atoms. The minimum atomic E-state index is -0.558. The highest BCUT2D eigenvalue weighted by molar-refractivity contribution is 14.0. The average molecular weight is 493 g/mol. The Morgan fingerprint density at radius 1 is 1.42 bits per heavy atom. The third-order valence-electron chi connectivity index (χ3n) is 4.08. The Hall–Kier alpha value is -1.49. The largest absolute Gasteiger partial charge is 0.367 e. The van der Waals surface area contributed by atoms with Crippen molar-refractivity contribution in [2.24, 2.45) is 4.99 Å². The molecule has 1 aromatic heterocycles. The van der Waals surface area contributed by atoms with Gasteiger partial charge in [-0.3, -0.25) is 4.99 Å². The minimum absolute atomic E-state index is 0. The topological polar surface area (TPSA) is 52.6 Å². The summed E-state index contributed by atoms with van der Waals surface area (Å²) in [5, 5.41) is 7.60. The number of aryl methyl sites for hydroxylation is 1. The van der Waals surface area contributed by atoms with Crippen molar-refractivity contribution in [1.82, 2.24) is 15.6 Å². The minimum Gasteiger partial charge on any atom is -0.367 e. The Morgan fingerprint density at radius 3 is 2.88 bits per heavy atom. The molecule has 1 aromatic carbocycles. The van der Waals surface area contributed by atoms with Gasteiger partial charge in [0, 0.05) is 43.3 Å². The second-order valence-electron chi connectivity index (χ2n) is 5.96. The number of aliphatic imine (C=N–C) groups is 1. The van der Waals surface area contributed by atoms with Crippen LogP contribution < -0.4 is 15.5 Å². The summed E-state index contributed by atoms with van der Waals surface area (Å²) in [7, 11) is 1.72. The maximum absolute atomic E-state index is 13.9. The van der Waals surface area contributed by atoms with Crippen LogP contribution in [-0.2, 0) is 6.54 Å². The molecule has 5 nitrogen and oxygen atoms in total. The first-order valence-electron chi connectivity index (χ1n) is 8.13. The molecule has 0 aliphatic carbocycles. The van der Waals surface area contributed by atoms with E-state index in [1.54, 1.807) is 18.4 Å². The summed E-state index contributed by atoms with van der Waals surface area (Å²) in [6.07, 6.45) is 2.71. The zero-order valence-electron chi connectivity index (χ0n) is 14.6. The van der Waals surface area contributed by atoms with Crippen molar-refractivity contribution in [3.63, 3.8) is 0 Å². The first-order valence-corrected chi connectivity index (χ1v) is 8.95. The maximum Gasteiger partial charge on any atom is 0.191 e. The number of hydrogen-bond donors (Lipinski definition) is 2. The molecular formula is C17H22F2IN5S. The summed E-state index contributed by atoms with van der Waals surface area (Å²) in [6, 6.07) is 3.85. The van der Waals surface area contributed by atoms with Gasteiger partial charge in [-0.25, -0.2) is 13.8 Å². The van der Waals surface area contributed by atoms with Gasteiger partial charge in [-0.15, -0.1) is 35.3 Å². The van der Waals surface area contributed by atoms with Crippen LogP contribution in [-0.4, -0.2) is 37.1 Å². The maximum atomic E-state index is 13.9. The van der Waals surface area contributed by atoms with Gasteiger partial charge in [0.2, 0.25) is 0 Å². The molecule has 9 heteroatoms. The third kappa shape index (κ3) is 5.26. The van der Waals surface area contributed by atoms with Crippen LogP contribution in [0.25, 0.3) is 0 Å². The molecule has 0 spiro atoms. The molecule has 3 rings (SSSR count). The van der Waals surface area contributed by atoms with Crippen LogP contribution in [0.5, 0.6) is 0 Å². The summed E-state index contributed by atoms with van der Waals surface area (Å²) in [5.74, 6) is -0.390. The Bertz CT molecular complexity index is 767. The van der Waals surface area contributed by atoms with Gasteiger partial charge in [-0.05, 0) is 25.5 Å². The highest BCUT2D eigenvalue weighted by atomic mass is 127. The van der Waals surface area contributed by atoms with E-state index in [4.69, 9.17) is 0 Å². The van der Waals surface area contributed by atoms with Gasteiger partial charge in [0.05, 0.1) is 12.2 Å². The van der Waals surface area contributed by atoms with E-state index in [0.29, 0.717) is 31.3 Å². The number of rotatable bonds is 4. The van der Waals surface area contributed by atoms with Gasteiger partial charge in [0.15, 0.2) is 5.96 Å². The van der Waals surface area contributed by atoms with Gasteiger partial charge in [0.1, 0.15) is 16.6 Å². The fraction of sp³-hybridized carbons (Fsp3) is 0.412. The SMILES string of the molecule is CN=C(NCc1ncc(C)s1)NC1CCN(c2ccc(F)cc2F)C1.I. The number of guanidine groups is 1. The zero-order chi connectivity index (χ0) is 17.8. The van der Waals surface area contributed by atoms with Crippen molar-refractivity contribution >= 4 is 47.0 Å². The molecule has 1 aliphatic rings. The van der Waals surface area contributed by atoms with E-state index < -0.39 is 11.6 Å². The Balaban J connectivity index is 0.00000243. The third-order valence-corrected chi connectivity index (χ3v) is 4.99. The molecule has 0 radical (unpaired) electrons. The van der Waals surface area contributed by atoms with E-state index >= 15 is 0 Å². The molecule has 1 atom stereocenters. The molecular weight excluding hydrogens is 471 g/mol. The number of thiazole rings is 1. The molecule has 1 fully saturated rings. The van der Waals surface area contributed by atoms with Crippen molar-refractivity contribution in [2.45, 2.75) is 25.9 Å². The molecule has 26 heavy (non-hydrogen) atoms. The lowest BCUT2D eigenvalue weighted by atomic mass is 10.2. The Labute approximate surface area is 172 Å². The highest BCUT2D eigenvalue weighted by Crippen LogP contribution is 2.24. The molecule has 1 saturated heterocycles. The van der Waals surface area contributed by atoms with E-state index in [-0.39, 0.29) is 30.0 Å². The zero-order valence-corrected chi connectivity index (χ0v) is 17.8. The summed E-state index contributed by atoms with van der Waals surface area (Å²) in [5.41, 5.74) is 0.437. The Kier molecular flexibility index (Phi) is 7.56. The van der Waals surface area contributed by atoms with Crippen molar-refractivity contribution < 1.29 is 8.78 Å². The van der Waals surface area contributed by atoms with Crippen LogP contribution in [0.1, 0.15) is 16.3 Å². The molecule has 2 aromatic rings. The van der Waals surface area contributed by atoms with Crippen LogP contribution in [0.15, 0.2) is 29.4 Å². The lowest BCUT2D eigenvalue weighted by Gasteiger charge is -2.20. The lowest BCUT2D eigenvalue weighted by molar-refractivity contribution is 0.580. The summed E-state index contributed by atoms with van der Waals surface area (Å²) in [4.78, 5) is 11.6. The molecule has 0 saturated carbocycles. The normalized spacial score (nSPS) is 17.2. The average Bonchev–Trinajstić information content (AvgIpc) is 3.20.